The number of nitrogens with zero attached hydrogens (tertiary/aromatic N) is 3. The van der Waals surface area contributed by atoms with Gasteiger partial charge in [0.15, 0.2) is 0 Å². The van der Waals surface area contributed by atoms with Gasteiger partial charge in [-0.25, -0.2) is 0 Å². The Balaban J connectivity index is 2.30. The van der Waals surface area contributed by atoms with Gasteiger partial charge in [-0.15, -0.1) is 0 Å². The fraction of sp³-hybridized carbons (Fsp3) is 0.429. The summed E-state index contributed by atoms with van der Waals surface area (Å²) in [5.41, 5.74) is 0.0998. The van der Waals surface area contributed by atoms with E-state index in [1.807, 2.05) is 17.9 Å². The average molecular weight is 289 g/mol. The number of hydrogen-bond donors (Lipinski definition) is 0. The van der Waals surface area contributed by atoms with Crippen LogP contribution in [-0.4, -0.2) is 31.1 Å². The van der Waals surface area contributed by atoms with Crippen molar-refractivity contribution < 1.29 is 14.5 Å². The quantitative estimate of drug-likeness (QED) is 0.478. The first kappa shape index (κ1) is 14.8. The highest BCUT2D eigenvalue weighted by Gasteiger charge is 2.42. The number of methoxy groups -OCH3 is 1. The van der Waals surface area contributed by atoms with E-state index in [1.165, 1.54) is 19.2 Å². The number of carbonyl (C=O) groups is 1. The van der Waals surface area contributed by atoms with Crippen LogP contribution in [0.2, 0.25) is 0 Å². The van der Waals surface area contributed by atoms with E-state index in [0.29, 0.717) is 25.2 Å². The van der Waals surface area contributed by atoms with E-state index < -0.39 is 10.3 Å². The summed E-state index contributed by atoms with van der Waals surface area (Å²) in [5.74, 6) is -0.287. The first-order valence-corrected chi connectivity index (χ1v) is 6.43. The highest BCUT2D eigenvalue weighted by molar-refractivity contribution is 5.78. The fourth-order valence-corrected chi connectivity index (χ4v) is 2.58. The predicted octanol–water partition coefficient (Wildman–Crippen LogP) is 1.86. The van der Waals surface area contributed by atoms with Crippen LogP contribution in [0.15, 0.2) is 18.2 Å². The van der Waals surface area contributed by atoms with Crippen LogP contribution in [0.3, 0.4) is 0 Å². The van der Waals surface area contributed by atoms with Crippen molar-refractivity contribution in [1.29, 1.82) is 5.26 Å². The average Bonchev–Trinajstić information content (AvgIpc) is 2.89. The normalized spacial score (nSPS) is 20.9. The number of hydrogen-bond acceptors (Lipinski definition) is 6. The van der Waals surface area contributed by atoms with Crippen LogP contribution < -0.4 is 4.90 Å². The van der Waals surface area contributed by atoms with Crippen LogP contribution in [0.4, 0.5) is 11.4 Å². The number of esters is 1. The summed E-state index contributed by atoms with van der Waals surface area (Å²) < 4.78 is 4.81. The van der Waals surface area contributed by atoms with Gasteiger partial charge in [0.1, 0.15) is 6.07 Å². The Kier molecular flexibility index (Phi) is 3.80. The van der Waals surface area contributed by atoms with Gasteiger partial charge in [-0.05, 0) is 19.4 Å². The molecule has 1 fully saturated rings. The van der Waals surface area contributed by atoms with E-state index >= 15 is 0 Å². The van der Waals surface area contributed by atoms with Gasteiger partial charge in [0.05, 0.1) is 28.7 Å². The Morgan fingerprint density at radius 2 is 2.29 bits per heavy atom. The maximum Gasteiger partial charge on any atom is 0.313 e. The number of benzene rings is 1. The Labute approximate surface area is 121 Å². The summed E-state index contributed by atoms with van der Waals surface area (Å²) in [6.45, 7) is 2.83. The summed E-state index contributed by atoms with van der Waals surface area (Å²) in [7, 11) is 1.35. The molecule has 7 heteroatoms. The van der Waals surface area contributed by atoms with E-state index in [0.717, 1.165) is 0 Å². The van der Waals surface area contributed by atoms with Crippen molar-refractivity contribution in [2.75, 3.05) is 25.1 Å². The zero-order valence-electron chi connectivity index (χ0n) is 11.8. The van der Waals surface area contributed by atoms with Crippen LogP contribution in [0, 0.1) is 26.9 Å². The molecule has 2 rings (SSSR count). The van der Waals surface area contributed by atoms with Crippen LogP contribution in [0.25, 0.3) is 0 Å². The van der Waals surface area contributed by atoms with Crippen molar-refractivity contribution >= 4 is 17.3 Å². The van der Waals surface area contributed by atoms with Crippen molar-refractivity contribution in [3.63, 3.8) is 0 Å². The largest absolute Gasteiger partial charge is 0.469 e. The molecule has 1 heterocycles. The monoisotopic (exact) mass is 289 g/mol. The second-order valence-corrected chi connectivity index (χ2v) is 5.29. The first-order chi connectivity index (χ1) is 9.91. The third-order valence-electron chi connectivity index (χ3n) is 3.80. The fourth-order valence-electron chi connectivity index (χ4n) is 2.58. The topological polar surface area (TPSA) is 96.5 Å². The molecule has 110 valence electrons. The van der Waals surface area contributed by atoms with Gasteiger partial charge in [0.25, 0.3) is 5.69 Å². The summed E-state index contributed by atoms with van der Waals surface area (Å²) in [5, 5.41) is 19.9. The van der Waals surface area contributed by atoms with Crippen LogP contribution in [0.1, 0.15) is 18.9 Å². The molecule has 0 saturated carbocycles. The summed E-state index contributed by atoms with van der Waals surface area (Å²) >= 11 is 0. The first-order valence-electron chi connectivity index (χ1n) is 6.43. The SMILES string of the molecule is COC(=O)C1(C)CCN(c2ccc([N+](=O)[O-])cc2C#N)C1. The highest BCUT2D eigenvalue weighted by Crippen LogP contribution is 2.36. The van der Waals surface area contributed by atoms with Gasteiger partial charge >= 0.3 is 5.97 Å². The molecule has 0 radical (unpaired) electrons. The number of non-ortho nitro benzene ring substituents is 1. The number of ether oxygens (including phenoxy) is 1. The standard InChI is InChI=1S/C14H15N3O4/c1-14(13(18)21-2)5-6-16(9-14)12-4-3-11(17(19)20)7-10(12)8-15/h3-4,7H,5-6,9H2,1-2H3. The zero-order valence-corrected chi connectivity index (χ0v) is 11.8. The maximum atomic E-state index is 11.8. The lowest BCUT2D eigenvalue weighted by molar-refractivity contribution is -0.384. The van der Waals surface area contributed by atoms with Crippen molar-refractivity contribution in [2.24, 2.45) is 5.41 Å². The van der Waals surface area contributed by atoms with Gasteiger partial charge in [-0.3, -0.25) is 14.9 Å². The molecule has 21 heavy (non-hydrogen) atoms. The molecule has 1 unspecified atom stereocenters. The Bertz CT molecular complexity index is 638. The van der Waals surface area contributed by atoms with Gasteiger partial charge < -0.3 is 9.64 Å². The Hall–Kier alpha value is -2.62. The van der Waals surface area contributed by atoms with E-state index in [1.54, 1.807) is 6.07 Å². The number of nitro groups is 1. The summed E-state index contributed by atoms with van der Waals surface area (Å²) in [6, 6.07) is 6.15. The van der Waals surface area contributed by atoms with Crippen molar-refractivity contribution in [1.82, 2.24) is 0 Å². The molecule has 0 aliphatic carbocycles. The molecule has 0 N–H and O–H groups in total. The number of nitriles is 1. The summed E-state index contributed by atoms with van der Waals surface area (Å²) in [6.07, 6.45) is 0.613. The third-order valence-corrected chi connectivity index (χ3v) is 3.80. The molecule has 1 atom stereocenters. The van der Waals surface area contributed by atoms with Crippen molar-refractivity contribution in [3.8, 4) is 6.07 Å². The number of anilines is 1. The molecule has 1 aromatic rings. The Morgan fingerprint density at radius 1 is 1.57 bits per heavy atom. The highest BCUT2D eigenvalue weighted by atomic mass is 16.6. The number of carbonyl (C=O) groups excluding carboxylic acids is 1. The second kappa shape index (κ2) is 5.40. The predicted molar refractivity (Wildman–Crippen MR) is 74.8 cm³/mol. The summed E-state index contributed by atoms with van der Waals surface area (Å²) in [4.78, 5) is 23.9. The molecule has 1 saturated heterocycles. The Morgan fingerprint density at radius 3 is 2.86 bits per heavy atom. The molecule has 1 aliphatic heterocycles. The molecular weight excluding hydrogens is 274 g/mol. The molecule has 1 aliphatic rings. The van der Waals surface area contributed by atoms with Crippen LogP contribution in [0.5, 0.6) is 0 Å². The van der Waals surface area contributed by atoms with Crippen molar-refractivity contribution in [3.05, 3.63) is 33.9 Å². The lowest BCUT2D eigenvalue weighted by atomic mass is 9.90. The lowest BCUT2D eigenvalue weighted by Gasteiger charge is -2.23. The minimum Gasteiger partial charge on any atom is -0.469 e. The molecule has 7 nitrogen and oxygen atoms in total. The maximum absolute atomic E-state index is 11.8. The minimum absolute atomic E-state index is 0.120. The second-order valence-electron chi connectivity index (χ2n) is 5.29. The smallest absolute Gasteiger partial charge is 0.313 e. The minimum atomic E-state index is -0.622. The lowest BCUT2D eigenvalue weighted by Crippen LogP contribution is -2.33. The molecule has 0 amide bonds. The van der Waals surface area contributed by atoms with E-state index in [9.17, 15) is 20.2 Å². The molecule has 0 bridgehead atoms. The van der Waals surface area contributed by atoms with Gasteiger partial charge in [-0.2, -0.15) is 5.26 Å². The van der Waals surface area contributed by atoms with Gasteiger partial charge in [0, 0.05) is 25.2 Å². The van der Waals surface area contributed by atoms with Crippen LogP contribution >= 0.6 is 0 Å². The van der Waals surface area contributed by atoms with Crippen molar-refractivity contribution in [2.45, 2.75) is 13.3 Å². The zero-order chi connectivity index (χ0) is 15.6. The molecule has 0 aromatic heterocycles. The van der Waals surface area contributed by atoms with E-state index in [4.69, 9.17) is 4.74 Å². The molecule has 0 spiro atoms. The van der Waals surface area contributed by atoms with E-state index in [2.05, 4.69) is 0 Å². The van der Waals surface area contributed by atoms with Gasteiger partial charge in [-0.1, -0.05) is 0 Å². The third kappa shape index (κ3) is 2.65. The van der Waals surface area contributed by atoms with E-state index in [-0.39, 0.29) is 17.2 Å². The van der Waals surface area contributed by atoms with Gasteiger partial charge in [0.2, 0.25) is 0 Å². The van der Waals surface area contributed by atoms with Crippen LogP contribution in [-0.2, 0) is 9.53 Å². The number of rotatable bonds is 3. The molecule has 1 aromatic carbocycles. The number of nitro benzene ring substituents is 1. The molecular formula is C14H15N3O4.